The van der Waals surface area contributed by atoms with Gasteiger partial charge >= 0.3 is 5.97 Å². The van der Waals surface area contributed by atoms with E-state index in [9.17, 15) is 4.79 Å². The van der Waals surface area contributed by atoms with Crippen molar-refractivity contribution in [2.24, 2.45) is 0 Å². The number of ether oxygens (including phenoxy) is 1. The summed E-state index contributed by atoms with van der Waals surface area (Å²) < 4.78 is 5.76. The molecule has 2 aromatic rings. The van der Waals surface area contributed by atoms with Gasteiger partial charge in [-0.2, -0.15) is 0 Å². The summed E-state index contributed by atoms with van der Waals surface area (Å²) in [6, 6.07) is 11.5. The Hall–Kier alpha value is -2.05. The summed E-state index contributed by atoms with van der Waals surface area (Å²) in [4.78, 5) is 17.2. The Bertz CT molecular complexity index is 740. The summed E-state index contributed by atoms with van der Waals surface area (Å²) in [6.07, 6.45) is 3.26. The van der Waals surface area contributed by atoms with Gasteiger partial charge in [0.25, 0.3) is 0 Å². The molecule has 3 heterocycles. The van der Waals surface area contributed by atoms with E-state index in [1.807, 2.05) is 36.4 Å². The second-order valence-electron chi connectivity index (χ2n) is 5.93. The van der Waals surface area contributed by atoms with Crippen molar-refractivity contribution in [1.29, 1.82) is 0 Å². The summed E-state index contributed by atoms with van der Waals surface area (Å²) in [6.45, 7) is 1.57. The van der Waals surface area contributed by atoms with Crippen LogP contribution < -0.4 is 5.43 Å². The summed E-state index contributed by atoms with van der Waals surface area (Å²) >= 11 is 4.24. The normalized spacial score (nSPS) is 19.4. The molecule has 0 unspecified atom stereocenters. The number of carbonyl (C=O) groups is 1. The third kappa shape index (κ3) is 2.58. The number of aromatic nitrogens is 1. The van der Waals surface area contributed by atoms with Crippen LogP contribution in [0.2, 0.25) is 0 Å². The van der Waals surface area contributed by atoms with Gasteiger partial charge in [0.05, 0.1) is 5.56 Å². The summed E-state index contributed by atoms with van der Waals surface area (Å²) in [5.74, 6) is 0.593. The van der Waals surface area contributed by atoms with E-state index in [2.05, 4.69) is 28.0 Å². The van der Waals surface area contributed by atoms with E-state index in [1.54, 1.807) is 6.20 Å². The maximum absolute atomic E-state index is 12.1. The first-order valence-electron chi connectivity index (χ1n) is 7.66. The molecule has 0 radical (unpaired) electrons. The number of thiol groups is 1. The van der Waals surface area contributed by atoms with Crippen molar-refractivity contribution in [3.63, 3.8) is 0 Å². The molecular formula is C17H17N3O2S. The van der Waals surface area contributed by atoms with Gasteiger partial charge in [-0.15, -0.1) is 12.6 Å². The quantitative estimate of drug-likeness (QED) is 0.656. The van der Waals surface area contributed by atoms with Crippen molar-refractivity contribution in [1.82, 2.24) is 9.99 Å². The van der Waals surface area contributed by atoms with Crippen molar-refractivity contribution in [2.75, 3.05) is 18.5 Å². The highest BCUT2D eigenvalue weighted by atomic mass is 32.1. The number of pyridine rings is 1. The molecule has 1 aromatic heterocycles. The van der Waals surface area contributed by atoms with Crippen LogP contribution in [0.25, 0.3) is 0 Å². The Kier molecular flexibility index (Phi) is 3.50. The molecule has 1 N–H and O–H groups in total. The van der Waals surface area contributed by atoms with Crippen LogP contribution in [0.3, 0.4) is 0 Å². The van der Waals surface area contributed by atoms with Gasteiger partial charge in [-0.05, 0) is 18.2 Å². The first-order chi connectivity index (χ1) is 11.2. The number of esters is 1. The maximum Gasteiger partial charge on any atom is 0.339 e. The van der Waals surface area contributed by atoms with Crippen LogP contribution >= 0.6 is 12.6 Å². The van der Waals surface area contributed by atoms with E-state index in [4.69, 9.17) is 4.74 Å². The van der Waals surface area contributed by atoms with Crippen LogP contribution in [0.15, 0.2) is 47.5 Å². The summed E-state index contributed by atoms with van der Waals surface area (Å²) in [5.41, 5.74) is 4.57. The van der Waals surface area contributed by atoms with Gasteiger partial charge in [0.1, 0.15) is 11.4 Å². The monoisotopic (exact) mass is 327 g/mol. The van der Waals surface area contributed by atoms with E-state index < -0.39 is 5.60 Å². The fourth-order valence-corrected chi connectivity index (χ4v) is 3.44. The van der Waals surface area contributed by atoms with Crippen LogP contribution in [-0.4, -0.2) is 29.1 Å². The molecule has 6 heteroatoms. The second kappa shape index (κ2) is 5.54. The van der Waals surface area contributed by atoms with Crippen molar-refractivity contribution < 1.29 is 9.53 Å². The molecule has 0 saturated carbocycles. The van der Waals surface area contributed by atoms with Crippen LogP contribution in [-0.2, 0) is 10.3 Å². The van der Waals surface area contributed by atoms with Crippen molar-refractivity contribution in [3.8, 4) is 0 Å². The lowest BCUT2D eigenvalue weighted by molar-refractivity contribution is -0.0396. The average molecular weight is 327 g/mol. The number of carbonyl (C=O) groups excluding carboxylic acids is 1. The molecule has 1 fully saturated rings. The highest BCUT2D eigenvalue weighted by Gasteiger charge is 2.47. The molecule has 1 spiro atoms. The lowest BCUT2D eigenvalue weighted by Crippen LogP contribution is -2.45. The zero-order valence-electron chi connectivity index (χ0n) is 12.5. The van der Waals surface area contributed by atoms with Gasteiger partial charge in [-0.3, -0.25) is 0 Å². The minimum Gasteiger partial charge on any atom is -0.450 e. The number of piperidine rings is 1. The SMILES string of the molecule is O=C1OC2(CCN(Nc3ccc(S)cn3)CC2)c2ccccc21. The summed E-state index contributed by atoms with van der Waals surface area (Å²) in [5, 5.41) is 2.11. The fraction of sp³-hybridized carbons (Fsp3) is 0.294. The standard InChI is InChI=1S/C17H17N3O2S/c21-16-13-3-1-2-4-14(13)17(22-16)7-9-20(10-8-17)19-15-6-5-12(23)11-18-15/h1-6,11,23H,7-10H2,(H,18,19). The molecule has 2 aliphatic heterocycles. The average Bonchev–Trinajstić information content (AvgIpc) is 2.85. The Morgan fingerprint density at radius 2 is 1.96 bits per heavy atom. The van der Waals surface area contributed by atoms with E-state index in [1.165, 1.54) is 0 Å². The molecule has 0 amide bonds. The number of hydrogen-bond donors (Lipinski definition) is 2. The van der Waals surface area contributed by atoms with Gasteiger partial charge in [0.2, 0.25) is 0 Å². The molecule has 1 aromatic carbocycles. The van der Waals surface area contributed by atoms with Gasteiger partial charge < -0.3 is 10.2 Å². The predicted molar refractivity (Wildman–Crippen MR) is 89.5 cm³/mol. The molecular weight excluding hydrogens is 310 g/mol. The van der Waals surface area contributed by atoms with Crippen molar-refractivity contribution in [2.45, 2.75) is 23.3 Å². The van der Waals surface area contributed by atoms with E-state index in [0.29, 0.717) is 5.56 Å². The number of hydrogen-bond acceptors (Lipinski definition) is 6. The third-order valence-electron chi connectivity index (χ3n) is 4.52. The number of anilines is 1. The Morgan fingerprint density at radius 1 is 1.17 bits per heavy atom. The first-order valence-corrected chi connectivity index (χ1v) is 8.10. The predicted octanol–water partition coefficient (Wildman–Crippen LogP) is 2.86. The molecule has 0 bridgehead atoms. The van der Waals surface area contributed by atoms with Gasteiger partial charge in [0.15, 0.2) is 0 Å². The topological polar surface area (TPSA) is 54.5 Å². The summed E-state index contributed by atoms with van der Waals surface area (Å²) in [7, 11) is 0. The molecule has 0 aliphatic carbocycles. The van der Waals surface area contributed by atoms with E-state index >= 15 is 0 Å². The Labute approximate surface area is 140 Å². The molecule has 118 valence electrons. The lowest BCUT2D eigenvalue weighted by Gasteiger charge is -2.38. The lowest BCUT2D eigenvalue weighted by atomic mass is 9.84. The zero-order chi connectivity index (χ0) is 15.9. The third-order valence-corrected chi connectivity index (χ3v) is 4.78. The molecule has 5 nitrogen and oxygen atoms in total. The minimum atomic E-state index is -0.464. The first kappa shape index (κ1) is 14.5. The van der Waals surface area contributed by atoms with Crippen LogP contribution in [0.5, 0.6) is 0 Å². The smallest absolute Gasteiger partial charge is 0.339 e. The molecule has 1 saturated heterocycles. The number of benzene rings is 1. The highest BCUT2D eigenvalue weighted by Crippen LogP contribution is 2.43. The molecule has 4 rings (SSSR count). The number of nitrogens with zero attached hydrogens (tertiary/aromatic N) is 2. The number of hydrazine groups is 1. The molecule has 23 heavy (non-hydrogen) atoms. The minimum absolute atomic E-state index is 0.201. The Morgan fingerprint density at radius 3 is 2.70 bits per heavy atom. The highest BCUT2D eigenvalue weighted by molar-refractivity contribution is 7.80. The van der Waals surface area contributed by atoms with Gasteiger partial charge in [-0.25, -0.2) is 14.8 Å². The number of nitrogens with one attached hydrogen (secondary N) is 1. The van der Waals surface area contributed by atoms with Gasteiger partial charge in [0, 0.05) is 42.6 Å². The van der Waals surface area contributed by atoms with Crippen molar-refractivity contribution in [3.05, 3.63) is 53.7 Å². The van der Waals surface area contributed by atoms with Crippen LogP contribution in [0.4, 0.5) is 5.82 Å². The van der Waals surface area contributed by atoms with Crippen LogP contribution in [0, 0.1) is 0 Å². The Balaban J connectivity index is 1.47. The maximum atomic E-state index is 12.1. The van der Waals surface area contributed by atoms with E-state index in [0.717, 1.165) is 42.2 Å². The number of rotatable bonds is 2. The van der Waals surface area contributed by atoms with Crippen LogP contribution in [0.1, 0.15) is 28.8 Å². The van der Waals surface area contributed by atoms with Gasteiger partial charge in [-0.1, -0.05) is 18.2 Å². The zero-order valence-corrected chi connectivity index (χ0v) is 13.4. The largest absolute Gasteiger partial charge is 0.450 e. The molecule has 2 aliphatic rings. The fourth-order valence-electron chi connectivity index (χ4n) is 3.31. The molecule has 0 atom stereocenters. The van der Waals surface area contributed by atoms with Crippen molar-refractivity contribution >= 4 is 24.4 Å². The second-order valence-corrected chi connectivity index (χ2v) is 6.45. The number of fused-ring (bicyclic) bond motifs is 2. The van der Waals surface area contributed by atoms with E-state index in [-0.39, 0.29) is 5.97 Å².